The largest absolute Gasteiger partial charge is 0.464 e. The van der Waals surface area contributed by atoms with Gasteiger partial charge in [-0.3, -0.25) is 14.5 Å². The number of fused-ring (bicyclic) bond motifs is 1. The third kappa shape index (κ3) is 2.33. The van der Waals surface area contributed by atoms with Gasteiger partial charge in [0.05, 0.1) is 6.54 Å². The van der Waals surface area contributed by atoms with E-state index in [4.69, 9.17) is 4.74 Å². The van der Waals surface area contributed by atoms with E-state index in [-0.39, 0.29) is 0 Å². The van der Waals surface area contributed by atoms with Crippen LogP contribution in [0.4, 0.5) is 5.82 Å². The van der Waals surface area contributed by atoms with Crippen molar-refractivity contribution in [2.24, 2.45) is 0 Å². The Morgan fingerprint density at radius 3 is 3.00 bits per heavy atom. The maximum atomic E-state index is 12.5. The van der Waals surface area contributed by atoms with Crippen LogP contribution in [0.25, 0.3) is 0 Å². The fourth-order valence-electron chi connectivity index (χ4n) is 2.29. The van der Waals surface area contributed by atoms with E-state index in [0.29, 0.717) is 18.1 Å². The van der Waals surface area contributed by atoms with Crippen molar-refractivity contribution in [3.63, 3.8) is 0 Å². The molecule has 6 nitrogen and oxygen atoms in total. The van der Waals surface area contributed by atoms with Crippen LogP contribution in [-0.4, -0.2) is 29.4 Å². The number of hydrogen-bond donors (Lipinski definition) is 1. The Hall–Kier alpha value is -2.41. The second-order valence-electron chi connectivity index (χ2n) is 5.09. The van der Waals surface area contributed by atoms with E-state index in [1.807, 2.05) is 17.5 Å². The molecule has 114 valence electrons. The molecule has 3 heterocycles. The van der Waals surface area contributed by atoms with Crippen LogP contribution in [0, 0.1) is 0 Å². The number of rotatable bonds is 3. The lowest BCUT2D eigenvalue weighted by molar-refractivity contribution is -0.148. The summed E-state index contributed by atoms with van der Waals surface area (Å²) in [6, 6.07) is 7.22. The number of nitrogens with zero attached hydrogens (tertiary/aromatic N) is 2. The number of likely N-dealkylation sites (N-methyl/N-ethyl adjacent to an activating group) is 1. The van der Waals surface area contributed by atoms with E-state index in [1.54, 1.807) is 25.4 Å². The lowest BCUT2D eigenvalue weighted by atomic mass is 10.0. The minimum absolute atomic E-state index is 0.367. The van der Waals surface area contributed by atoms with Gasteiger partial charge in [0.15, 0.2) is 11.6 Å². The smallest absolute Gasteiger partial charge is 0.281 e. The molecule has 0 fully saturated rings. The maximum Gasteiger partial charge on any atom is 0.281 e. The quantitative estimate of drug-likeness (QED) is 0.872. The van der Waals surface area contributed by atoms with Crippen molar-refractivity contribution in [3.8, 4) is 5.75 Å². The van der Waals surface area contributed by atoms with Gasteiger partial charge >= 0.3 is 0 Å². The summed E-state index contributed by atoms with van der Waals surface area (Å²) in [6.45, 7) is 1.85. The number of anilines is 1. The Morgan fingerprint density at radius 2 is 2.27 bits per heavy atom. The van der Waals surface area contributed by atoms with E-state index in [0.717, 1.165) is 4.88 Å². The fourth-order valence-corrected chi connectivity index (χ4v) is 2.93. The molecule has 2 amide bonds. The molecule has 0 saturated heterocycles. The molecular weight excluding hydrogens is 302 g/mol. The highest BCUT2D eigenvalue weighted by Gasteiger charge is 2.50. The number of carbonyl (C=O) groups excluding carboxylic acids is 2. The minimum Gasteiger partial charge on any atom is -0.464 e. The van der Waals surface area contributed by atoms with Gasteiger partial charge in [-0.05, 0) is 30.5 Å². The van der Waals surface area contributed by atoms with Gasteiger partial charge in [0.25, 0.3) is 17.4 Å². The molecule has 2 aromatic heterocycles. The predicted molar refractivity (Wildman–Crippen MR) is 82.8 cm³/mol. The second kappa shape index (κ2) is 5.42. The second-order valence-corrected chi connectivity index (χ2v) is 6.12. The lowest BCUT2D eigenvalue weighted by Gasteiger charge is -2.36. The molecule has 7 heteroatoms. The molecule has 1 atom stereocenters. The number of hydrogen-bond acceptors (Lipinski definition) is 5. The SMILES string of the molecule is CN1C(=O)[C@](C)(C(=O)NCc2cccs2)Oc2cccnc21. The first kappa shape index (κ1) is 14.5. The summed E-state index contributed by atoms with van der Waals surface area (Å²) in [7, 11) is 1.58. The van der Waals surface area contributed by atoms with Crippen molar-refractivity contribution in [2.75, 3.05) is 11.9 Å². The number of ether oxygens (including phenoxy) is 1. The highest BCUT2D eigenvalue weighted by atomic mass is 32.1. The van der Waals surface area contributed by atoms with Crippen LogP contribution in [0.5, 0.6) is 5.75 Å². The number of nitrogens with one attached hydrogen (secondary N) is 1. The van der Waals surface area contributed by atoms with Gasteiger partial charge in [-0.25, -0.2) is 4.98 Å². The molecule has 2 aromatic rings. The van der Waals surface area contributed by atoms with Crippen molar-refractivity contribution in [3.05, 3.63) is 40.7 Å². The summed E-state index contributed by atoms with van der Waals surface area (Å²) in [5, 5.41) is 4.69. The standard InChI is InChI=1S/C15H15N3O3S/c1-15(13(19)17-9-10-5-4-8-22-10)14(20)18(2)12-11(21-15)6-3-7-16-12/h3-8H,9H2,1-2H3,(H,17,19)/t15-/m0/s1. The van der Waals surface area contributed by atoms with Crippen molar-refractivity contribution < 1.29 is 14.3 Å². The summed E-state index contributed by atoms with van der Waals surface area (Å²) in [6.07, 6.45) is 1.57. The molecule has 1 aliphatic heterocycles. The first-order chi connectivity index (χ1) is 10.5. The third-order valence-electron chi connectivity index (χ3n) is 3.53. The zero-order valence-electron chi connectivity index (χ0n) is 12.2. The third-order valence-corrected chi connectivity index (χ3v) is 4.41. The van der Waals surface area contributed by atoms with Crippen LogP contribution in [0.2, 0.25) is 0 Å². The lowest BCUT2D eigenvalue weighted by Crippen LogP contribution is -2.61. The van der Waals surface area contributed by atoms with E-state index in [9.17, 15) is 9.59 Å². The van der Waals surface area contributed by atoms with E-state index in [1.165, 1.54) is 23.2 Å². The molecule has 0 aromatic carbocycles. The average molecular weight is 317 g/mol. The number of amides is 2. The van der Waals surface area contributed by atoms with E-state index in [2.05, 4.69) is 10.3 Å². The molecule has 1 aliphatic rings. The van der Waals surface area contributed by atoms with Gasteiger partial charge in [0.1, 0.15) is 0 Å². The van der Waals surface area contributed by atoms with Gasteiger partial charge < -0.3 is 10.1 Å². The molecule has 22 heavy (non-hydrogen) atoms. The van der Waals surface area contributed by atoms with Gasteiger partial charge in [0.2, 0.25) is 0 Å². The van der Waals surface area contributed by atoms with Gasteiger partial charge in [-0.1, -0.05) is 6.07 Å². The van der Waals surface area contributed by atoms with Crippen molar-refractivity contribution >= 4 is 29.0 Å². The normalized spacial score (nSPS) is 20.3. The summed E-state index contributed by atoms with van der Waals surface area (Å²) in [4.78, 5) is 31.5. The van der Waals surface area contributed by atoms with Crippen molar-refractivity contribution in [2.45, 2.75) is 19.1 Å². The monoisotopic (exact) mass is 317 g/mol. The Morgan fingerprint density at radius 1 is 1.45 bits per heavy atom. The molecule has 0 unspecified atom stereocenters. The first-order valence-corrected chi connectivity index (χ1v) is 7.63. The Kier molecular flexibility index (Phi) is 3.58. The fraction of sp³-hybridized carbons (Fsp3) is 0.267. The molecular formula is C15H15N3O3S. The van der Waals surface area contributed by atoms with Crippen LogP contribution in [0.1, 0.15) is 11.8 Å². The zero-order chi connectivity index (χ0) is 15.7. The van der Waals surface area contributed by atoms with Crippen LogP contribution in [-0.2, 0) is 16.1 Å². The minimum atomic E-state index is -1.60. The van der Waals surface area contributed by atoms with Gasteiger partial charge in [-0.15, -0.1) is 11.3 Å². The van der Waals surface area contributed by atoms with Gasteiger partial charge in [0, 0.05) is 18.1 Å². The van der Waals surface area contributed by atoms with Crippen molar-refractivity contribution in [1.82, 2.24) is 10.3 Å². The number of pyridine rings is 1. The number of carbonyl (C=O) groups is 2. The summed E-state index contributed by atoms with van der Waals surface area (Å²) >= 11 is 1.54. The topological polar surface area (TPSA) is 71.5 Å². The summed E-state index contributed by atoms with van der Waals surface area (Å²) < 4.78 is 5.67. The molecule has 1 N–H and O–H groups in total. The predicted octanol–water partition coefficient (Wildman–Crippen LogP) is 1.57. The molecule has 0 aliphatic carbocycles. The van der Waals surface area contributed by atoms with Crippen LogP contribution < -0.4 is 15.0 Å². The number of thiophene rings is 1. The molecule has 0 bridgehead atoms. The molecule has 0 spiro atoms. The first-order valence-electron chi connectivity index (χ1n) is 6.75. The van der Waals surface area contributed by atoms with Crippen molar-refractivity contribution in [1.29, 1.82) is 0 Å². The zero-order valence-corrected chi connectivity index (χ0v) is 13.0. The summed E-state index contributed by atoms with van der Waals surface area (Å²) in [5.74, 6) is -0.0796. The summed E-state index contributed by atoms with van der Waals surface area (Å²) in [5.41, 5.74) is -1.60. The highest BCUT2D eigenvalue weighted by molar-refractivity contribution is 7.09. The molecule has 0 saturated carbocycles. The van der Waals surface area contributed by atoms with E-state index < -0.39 is 17.4 Å². The average Bonchev–Trinajstić information content (AvgIpc) is 3.04. The number of aromatic nitrogens is 1. The van der Waals surface area contributed by atoms with Gasteiger partial charge in [-0.2, -0.15) is 0 Å². The highest BCUT2D eigenvalue weighted by Crippen LogP contribution is 2.35. The maximum absolute atomic E-state index is 12.5. The molecule has 0 radical (unpaired) electrons. The Labute approximate surface area is 131 Å². The van der Waals surface area contributed by atoms with Crippen LogP contribution in [0.15, 0.2) is 35.8 Å². The van der Waals surface area contributed by atoms with Crippen LogP contribution >= 0.6 is 11.3 Å². The van der Waals surface area contributed by atoms with Crippen LogP contribution in [0.3, 0.4) is 0 Å². The molecule has 3 rings (SSSR count). The van der Waals surface area contributed by atoms with E-state index >= 15 is 0 Å². The Balaban J connectivity index is 1.82. The Bertz CT molecular complexity index is 717.